The number of aryl methyl sites for hydroxylation is 1. The molecule has 0 fully saturated rings. The van der Waals surface area contributed by atoms with Crippen molar-refractivity contribution < 1.29 is 14.2 Å². The number of nitrogens with one attached hydrogen (secondary N) is 1. The Labute approximate surface area is 191 Å². The summed E-state index contributed by atoms with van der Waals surface area (Å²) in [6.45, 7) is 3.04. The van der Waals surface area contributed by atoms with E-state index in [1.54, 1.807) is 21.3 Å². The Morgan fingerprint density at radius 1 is 0.688 bits per heavy atom. The van der Waals surface area contributed by atoms with Gasteiger partial charge in [0.25, 0.3) is 0 Å². The number of ether oxygens (including phenoxy) is 3. The smallest absolute Gasteiger partial charge is 0.122 e. The molecule has 3 aromatic rings. The van der Waals surface area contributed by atoms with E-state index in [0.29, 0.717) is 0 Å². The summed E-state index contributed by atoms with van der Waals surface area (Å²) in [6, 6.07) is 24.9. The predicted octanol–water partition coefficient (Wildman–Crippen LogP) is 5.91. The van der Waals surface area contributed by atoms with Crippen molar-refractivity contribution in [3.63, 3.8) is 0 Å². The molecule has 0 spiro atoms. The Kier molecular flexibility index (Phi) is 8.61. The molecule has 0 saturated carbocycles. The standard InChI is InChI=1S/C28H33NO3/c1-21(29-16-15-22-9-6-5-7-10-22)28(24-11-8-12-25(19-24)30-2)14-13-23-17-26(31-3)20-27(18-23)32-4/h5-12,17-20,29H,13-16H2,1-4H3/b28-21+. The van der Waals surface area contributed by atoms with E-state index in [9.17, 15) is 0 Å². The van der Waals surface area contributed by atoms with Gasteiger partial charge in [0, 0.05) is 18.3 Å². The molecule has 0 saturated heterocycles. The largest absolute Gasteiger partial charge is 0.497 e. The highest BCUT2D eigenvalue weighted by atomic mass is 16.5. The molecule has 0 unspecified atom stereocenters. The topological polar surface area (TPSA) is 39.7 Å². The Bertz CT molecular complexity index is 1010. The highest BCUT2D eigenvalue weighted by Gasteiger charge is 2.10. The van der Waals surface area contributed by atoms with Crippen LogP contribution in [0.5, 0.6) is 17.2 Å². The van der Waals surface area contributed by atoms with Crippen molar-refractivity contribution in [2.75, 3.05) is 27.9 Å². The molecule has 0 aliphatic rings. The second-order valence-corrected chi connectivity index (χ2v) is 7.72. The zero-order valence-electron chi connectivity index (χ0n) is 19.5. The average Bonchev–Trinajstić information content (AvgIpc) is 2.84. The van der Waals surface area contributed by atoms with E-state index in [-0.39, 0.29) is 0 Å². The van der Waals surface area contributed by atoms with Gasteiger partial charge in [0.15, 0.2) is 0 Å². The summed E-state index contributed by atoms with van der Waals surface area (Å²) < 4.78 is 16.4. The highest BCUT2D eigenvalue weighted by molar-refractivity contribution is 5.69. The molecule has 0 atom stereocenters. The number of rotatable bonds is 11. The molecule has 3 aromatic carbocycles. The fraction of sp³-hybridized carbons (Fsp3) is 0.286. The molecular formula is C28H33NO3. The van der Waals surface area contributed by atoms with Gasteiger partial charge in [0.05, 0.1) is 21.3 Å². The van der Waals surface area contributed by atoms with Crippen molar-refractivity contribution in [3.05, 3.63) is 95.2 Å². The van der Waals surface area contributed by atoms with Crippen LogP contribution in [0, 0.1) is 0 Å². The predicted molar refractivity (Wildman–Crippen MR) is 132 cm³/mol. The lowest BCUT2D eigenvalue weighted by Crippen LogP contribution is -2.16. The fourth-order valence-electron chi connectivity index (χ4n) is 3.78. The van der Waals surface area contributed by atoms with Crippen LogP contribution in [0.3, 0.4) is 0 Å². The van der Waals surface area contributed by atoms with Gasteiger partial charge in [-0.1, -0.05) is 42.5 Å². The number of hydrogen-bond acceptors (Lipinski definition) is 4. The van der Waals surface area contributed by atoms with Crippen LogP contribution in [-0.4, -0.2) is 27.9 Å². The molecule has 0 amide bonds. The molecule has 0 bridgehead atoms. The lowest BCUT2D eigenvalue weighted by molar-refractivity contribution is 0.393. The Balaban J connectivity index is 1.81. The minimum absolute atomic E-state index is 0.809. The molecule has 0 aliphatic carbocycles. The van der Waals surface area contributed by atoms with Gasteiger partial charge in [-0.15, -0.1) is 0 Å². The zero-order valence-corrected chi connectivity index (χ0v) is 19.5. The highest BCUT2D eigenvalue weighted by Crippen LogP contribution is 2.29. The molecule has 32 heavy (non-hydrogen) atoms. The number of benzene rings is 3. The van der Waals surface area contributed by atoms with Crippen LogP contribution >= 0.6 is 0 Å². The third-order valence-electron chi connectivity index (χ3n) is 5.59. The van der Waals surface area contributed by atoms with Crippen molar-refractivity contribution in [2.24, 2.45) is 0 Å². The summed E-state index contributed by atoms with van der Waals surface area (Å²) in [5.41, 5.74) is 6.14. The van der Waals surface area contributed by atoms with Gasteiger partial charge in [-0.05, 0) is 72.7 Å². The molecule has 0 aliphatic heterocycles. The van der Waals surface area contributed by atoms with Crippen molar-refractivity contribution in [1.29, 1.82) is 0 Å². The normalized spacial score (nSPS) is 11.5. The van der Waals surface area contributed by atoms with Gasteiger partial charge >= 0.3 is 0 Å². The molecule has 4 heteroatoms. The van der Waals surface area contributed by atoms with Crippen molar-refractivity contribution in [3.8, 4) is 17.2 Å². The summed E-state index contributed by atoms with van der Waals surface area (Å²) in [4.78, 5) is 0. The average molecular weight is 432 g/mol. The SMILES string of the molecule is COc1cc(CC/C(=C(/C)NCCc2ccccc2)c2cccc(OC)c2)cc(OC)c1. The van der Waals surface area contributed by atoms with E-state index in [0.717, 1.165) is 43.1 Å². The van der Waals surface area contributed by atoms with Gasteiger partial charge in [0.1, 0.15) is 17.2 Å². The minimum atomic E-state index is 0.809. The summed E-state index contributed by atoms with van der Waals surface area (Å²) in [5.74, 6) is 2.48. The quantitative estimate of drug-likeness (QED) is 0.410. The lowest BCUT2D eigenvalue weighted by atomic mass is 9.96. The molecule has 3 rings (SSSR count). The molecule has 0 aromatic heterocycles. The van der Waals surface area contributed by atoms with Crippen LogP contribution in [0.15, 0.2) is 78.5 Å². The van der Waals surface area contributed by atoms with E-state index >= 15 is 0 Å². The maximum Gasteiger partial charge on any atom is 0.122 e. The van der Waals surface area contributed by atoms with Crippen molar-refractivity contribution in [1.82, 2.24) is 5.32 Å². The van der Waals surface area contributed by atoms with Crippen LogP contribution in [0.1, 0.15) is 30.0 Å². The fourth-order valence-corrected chi connectivity index (χ4v) is 3.78. The number of methoxy groups -OCH3 is 3. The summed E-state index contributed by atoms with van der Waals surface area (Å²) in [5, 5.41) is 3.64. The Morgan fingerprint density at radius 2 is 1.38 bits per heavy atom. The van der Waals surface area contributed by atoms with Crippen molar-refractivity contribution >= 4 is 5.57 Å². The van der Waals surface area contributed by atoms with Gasteiger partial charge in [-0.25, -0.2) is 0 Å². The molecule has 168 valence electrons. The molecule has 0 heterocycles. The van der Waals surface area contributed by atoms with Crippen molar-refractivity contribution in [2.45, 2.75) is 26.2 Å². The van der Waals surface area contributed by atoms with E-state index in [2.05, 4.69) is 66.8 Å². The second-order valence-electron chi connectivity index (χ2n) is 7.72. The van der Waals surface area contributed by atoms with Crippen LogP contribution < -0.4 is 19.5 Å². The van der Waals surface area contributed by atoms with Crippen LogP contribution in [0.4, 0.5) is 0 Å². The summed E-state index contributed by atoms with van der Waals surface area (Å²) in [6.07, 6.45) is 2.74. The summed E-state index contributed by atoms with van der Waals surface area (Å²) >= 11 is 0. The van der Waals surface area contributed by atoms with Gasteiger partial charge < -0.3 is 19.5 Å². The lowest BCUT2D eigenvalue weighted by Gasteiger charge is -2.16. The van der Waals surface area contributed by atoms with Gasteiger partial charge in [-0.3, -0.25) is 0 Å². The van der Waals surface area contributed by atoms with E-state index < -0.39 is 0 Å². The molecule has 1 N–H and O–H groups in total. The Morgan fingerprint density at radius 3 is 2.03 bits per heavy atom. The first-order chi connectivity index (χ1) is 15.6. The minimum Gasteiger partial charge on any atom is -0.497 e. The zero-order chi connectivity index (χ0) is 22.8. The maximum absolute atomic E-state index is 5.47. The van der Waals surface area contributed by atoms with Crippen LogP contribution in [-0.2, 0) is 12.8 Å². The van der Waals surface area contributed by atoms with Crippen LogP contribution in [0.2, 0.25) is 0 Å². The molecular weight excluding hydrogens is 398 g/mol. The monoisotopic (exact) mass is 431 g/mol. The second kappa shape index (κ2) is 11.8. The van der Waals surface area contributed by atoms with Gasteiger partial charge in [-0.2, -0.15) is 0 Å². The number of hydrogen-bond donors (Lipinski definition) is 1. The van der Waals surface area contributed by atoms with Gasteiger partial charge in [0.2, 0.25) is 0 Å². The molecule has 0 radical (unpaired) electrons. The first-order valence-corrected chi connectivity index (χ1v) is 11.0. The van der Waals surface area contributed by atoms with E-state index in [4.69, 9.17) is 14.2 Å². The summed E-state index contributed by atoms with van der Waals surface area (Å²) in [7, 11) is 5.07. The Hall–Kier alpha value is -3.40. The maximum atomic E-state index is 5.47. The van der Waals surface area contributed by atoms with E-state index in [1.165, 1.54) is 28.0 Å². The molecule has 4 nitrogen and oxygen atoms in total. The van der Waals surface area contributed by atoms with E-state index in [1.807, 2.05) is 18.2 Å². The third-order valence-corrected chi connectivity index (χ3v) is 5.59. The number of allylic oxidation sites excluding steroid dienone is 2. The first-order valence-electron chi connectivity index (χ1n) is 11.0. The van der Waals surface area contributed by atoms with Crippen LogP contribution in [0.25, 0.3) is 5.57 Å². The third kappa shape index (κ3) is 6.55. The first kappa shape index (κ1) is 23.3.